The minimum absolute atomic E-state index is 0.0195. The lowest BCUT2D eigenvalue weighted by atomic mass is 10.4. The Morgan fingerprint density at radius 3 is 2.48 bits per heavy atom. The fourth-order valence-corrected chi connectivity index (χ4v) is 3.26. The fourth-order valence-electron chi connectivity index (χ4n) is 1.52. The van der Waals surface area contributed by atoms with E-state index < -0.39 is 28.4 Å². The van der Waals surface area contributed by atoms with Gasteiger partial charge in [-0.1, -0.05) is 11.6 Å². The number of rotatable bonds is 5. The number of alkyl halides is 3. The van der Waals surface area contributed by atoms with E-state index in [1.54, 1.807) is 0 Å². The van der Waals surface area contributed by atoms with Gasteiger partial charge in [0.05, 0.1) is 10.7 Å². The zero-order chi connectivity index (χ0) is 17.1. The summed E-state index contributed by atoms with van der Waals surface area (Å²) in [6, 6.07) is 5.16. The van der Waals surface area contributed by atoms with Gasteiger partial charge in [-0.25, -0.2) is 13.4 Å². The van der Waals surface area contributed by atoms with E-state index in [1.165, 1.54) is 24.4 Å². The maximum atomic E-state index is 12.2. The summed E-state index contributed by atoms with van der Waals surface area (Å²) in [5.74, 6) is -0.907. The summed E-state index contributed by atoms with van der Waals surface area (Å²) < 4.78 is 64.7. The highest BCUT2D eigenvalue weighted by molar-refractivity contribution is 7.90. The number of ether oxygens (including phenoxy) is 1. The molecule has 0 aliphatic carbocycles. The molecule has 6 nitrogen and oxygen atoms in total. The molecule has 2 aromatic heterocycles. The molecule has 124 valence electrons. The maximum Gasteiger partial charge on any atom is 0.422 e. The molecule has 0 aliphatic rings. The van der Waals surface area contributed by atoms with Crippen LogP contribution in [0.1, 0.15) is 5.69 Å². The Kier molecular flexibility index (Phi) is 5.05. The molecule has 0 N–H and O–H groups in total. The summed E-state index contributed by atoms with van der Waals surface area (Å²) >= 11 is 5.78. The zero-order valence-corrected chi connectivity index (χ0v) is 12.9. The number of halogens is 4. The minimum Gasteiger partial charge on any atom is -0.467 e. The summed E-state index contributed by atoms with van der Waals surface area (Å²) in [6.07, 6.45) is -3.22. The first-order valence-corrected chi connectivity index (χ1v) is 8.06. The molecule has 0 bridgehead atoms. The second kappa shape index (κ2) is 6.67. The Morgan fingerprint density at radius 2 is 1.91 bits per heavy atom. The SMILES string of the molecule is O=S(=O)(Cc1ccc(OCC(F)(F)F)nn1)c1ncccc1Cl. The van der Waals surface area contributed by atoms with Crippen molar-refractivity contribution in [3.05, 3.63) is 41.2 Å². The Balaban J connectivity index is 2.10. The Morgan fingerprint density at radius 1 is 1.17 bits per heavy atom. The summed E-state index contributed by atoms with van der Waals surface area (Å²) in [4.78, 5) is 3.70. The van der Waals surface area contributed by atoms with E-state index in [0.717, 1.165) is 6.07 Å². The average molecular weight is 368 g/mol. The lowest BCUT2D eigenvalue weighted by Gasteiger charge is -2.08. The predicted octanol–water partition coefficient (Wildman–Crippen LogP) is 2.44. The first-order valence-electron chi connectivity index (χ1n) is 6.03. The number of hydrogen-bond acceptors (Lipinski definition) is 6. The lowest BCUT2D eigenvalue weighted by Crippen LogP contribution is -2.20. The molecule has 0 saturated carbocycles. The lowest BCUT2D eigenvalue weighted by molar-refractivity contribution is -0.154. The number of aromatic nitrogens is 3. The van der Waals surface area contributed by atoms with Crippen LogP contribution < -0.4 is 4.74 Å². The van der Waals surface area contributed by atoms with E-state index in [0.29, 0.717) is 0 Å². The van der Waals surface area contributed by atoms with Crippen molar-refractivity contribution in [1.82, 2.24) is 15.2 Å². The quantitative estimate of drug-likeness (QED) is 0.807. The first kappa shape index (κ1) is 17.4. The molecule has 0 aliphatic heterocycles. The highest BCUT2D eigenvalue weighted by Crippen LogP contribution is 2.22. The van der Waals surface area contributed by atoms with Gasteiger partial charge in [-0.05, 0) is 18.2 Å². The van der Waals surface area contributed by atoms with Crippen LogP contribution in [0.2, 0.25) is 5.02 Å². The average Bonchev–Trinajstić information content (AvgIpc) is 2.45. The number of nitrogens with zero attached hydrogens (tertiary/aromatic N) is 3. The van der Waals surface area contributed by atoms with Gasteiger partial charge in [0.25, 0.3) is 0 Å². The Labute approximate surface area is 134 Å². The van der Waals surface area contributed by atoms with E-state index >= 15 is 0 Å². The largest absolute Gasteiger partial charge is 0.467 e. The molecule has 11 heteroatoms. The van der Waals surface area contributed by atoms with Gasteiger partial charge in [-0.3, -0.25) is 0 Å². The highest BCUT2D eigenvalue weighted by atomic mass is 35.5. The maximum absolute atomic E-state index is 12.2. The van der Waals surface area contributed by atoms with E-state index in [4.69, 9.17) is 11.6 Å². The smallest absolute Gasteiger partial charge is 0.422 e. The number of sulfone groups is 1. The van der Waals surface area contributed by atoms with Gasteiger partial charge in [0.1, 0.15) is 5.75 Å². The summed E-state index contributed by atoms with van der Waals surface area (Å²) in [6.45, 7) is -1.51. The van der Waals surface area contributed by atoms with Gasteiger partial charge >= 0.3 is 6.18 Å². The second-order valence-corrected chi connectivity index (χ2v) is 6.63. The van der Waals surface area contributed by atoms with Gasteiger partial charge < -0.3 is 4.74 Å². The zero-order valence-electron chi connectivity index (χ0n) is 11.3. The van der Waals surface area contributed by atoms with Gasteiger partial charge in [0.15, 0.2) is 11.6 Å². The second-order valence-electron chi connectivity index (χ2n) is 4.32. The fraction of sp³-hybridized carbons (Fsp3) is 0.250. The van der Waals surface area contributed by atoms with Gasteiger partial charge in [-0.2, -0.15) is 18.3 Å². The summed E-state index contributed by atoms with van der Waals surface area (Å²) in [5.41, 5.74) is 0.0195. The highest BCUT2D eigenvalue weighted by Gasteiger charge is 2.28. The molecule has 2 aromatic rings. The molecule has 2 rings (SSSR count). The number of hydrogen-bond donors (Lipinski definition) is 0. The summed E-state index contributed by atoms with van der Waals surface area (Å²) in [5, 5.41) is 6.58. The van der Waals surface area contributed by atoms with Gasteiger partial charge in [0.2, 0.25) is 15.7 Å². The molecule has 0 unspecified atom stereocenters. The molecule has 0 fully saturated rings. The van der Waals surface area contributed by atoms with Crippen molar-refractivity contribution in [2.45, 2.75) is 17.0 Å². The van der Waals surface area contributed by atoms with E-state index in [-0.39, 0.29) is 21.6 Å². The third-order valence-electron chi connectivity index (χ3n) is 2.44. The van der Waals surface area contributed by atoms with Crippen LogP contribution in [-0.4, -0.2) is 36.4 Å². The summed E-state index contributed by atoms with van der Waals surface area (Å²) in [7, 11) is -3.86. The Bertz CT molecular complexity index is 782. The molecule has 0 radical (unpaired) electrons. The molecule has 23 heavy (non-hydrogen) atoms. The molecule has 0 atom stereocenters. The molecule has 0 amide bonds. The third-order valence-corrected chi connectivity index (χ3v) is 4.44. The van der Waals surface area contributed by atoms with Crippen molar-refractivity contribution in [2.75, 3.05) is 6.61 Å². The molecular formula is C12H9ClF3N3O3S. The van der Waals surface area contributed by atoms with Crippen LogP contribution in [0.4, 0.5) is 13.2 Å². The van der Waals surface area contributed by atoms with E-state index in [9.17, 15) is 21.6 Å². The van der Waals surface area contributed by atoms with Crippen LogP contribution in [0.3, 0.4) is 0 Å². The third kappa shape index (κ3) is 5.03. The van der Waals surface area contributed by atoms with Crippen molar-refractivity contribution in [2.24, 2.45) is 0 Å². The molecular weight excluding hydrogens is 359 g/mol. The van der Waals surface area contributed by atoms with Crippen LogP contribution in [-0.2, 0) is 15.6 Å². The van der Waals surface area contributed by atoms with Crippen molar-refractivity contribution in [1.29, 1.82) is 0 Å². The van der Waals surface area contributed by atoms with Crippen LogP contribution in [0, 0.1) is 0 Å². The topological polar surface area (TPSA) is 82.0 Å². The predicted molar refractivity (Wildman–Crippen MR) is 73.7 cm³/mol. The molecule has 0 saturated heterocycles. The van der Waals surface area contributed by atoms with Crippen LogP contribution >= 0.6 is 11.6 Å². The molecule has 0 aromatic carbocycles. The van der Waals surface area contributed by atoms with Gasteiger partial charge in [0, 0.05) is 12.3 Å². The van der Waals surface area contributed by atoms with Crippen molar-refractivity contribution >= 4 is 21.4 Å². The molecule has 0 spiro atoms. The first-order chi connectivity index (χ1) is 10.7. The van der Waals surface area contributed by atoms with Crippen LogP contribution in [0.5, 0.6) is 5.88 Å². The molecule has 2 heterocycles. The van der Waals surface area contributed by atoms with Crippen LogP contribution in [0.25, 0.3) is 0 Å². The Hall–Kier alpha value is -1.94. The standard InChI is InChI=1S/C12H9ClF3N3O3S/c13-9-2-1-5-17-11(9)23(20,21)6-8-3-4-10(19-18-8)22-7-12(14,15)16/h1-5H,6-7H2. The monoisotopic (exact) mass is 367 g/mol. The van der Waals surface area contributed by atoms with Crippen molar-refractivity contribution in [3.63, 3.8) is 0 Å². The van der Waals surface area contributed by atoms with Crippen molar-refractivity contribution < 1.29 is 26.3 Å². The number of pyridine rings is 1. The van der Waals surface area contributed by atoms with Crippen LogP contribution in [0.15, 0.2) is 35.5 Å². The van der Waals surface area contributed by atoms with Crippen molar-refractivity contribution in [3.8, 4) is 5.88 Å². The van der Waals surface area contributed by atoms with E-state index in [1.807, 2.05) is 0 Å². The van der Waals surface area contributed by atoms with Gasteiger partial charge in [-0.15, -0.1) is 5.10 Å². The normalized spacial score (nSPS) is 12.2. The van der Waals surface area contributed by atoms with E-state index in [2.05, 4.69) is 19.9 Å². The minimum atomic E-state index is -4.50.